The van der Waals surface area contributed by atoms with E-state index >= 15 is 0 Å². The molecule has 6 nitrogen and oxygen atoms in total. The van der Waals surface area contributed by atoms with Crippen molar-refractivity contribution in [2.45, 2.75) is 49.3 Å². The van der Waals surface area contributed by atoms with Crippen LogP contribution in [-0.2, 0) is 27.4 Å². The number of fused-ring (bicyclic) bond motifs is 1. The van der Waals surface area contributed by atoms with Gasteiger partial charge in [0.1, 0.15) is 0 Å². The quantitative estimate of drug-likeness (QED) is 0.705. The maximum atomic E-state index is 13.2. The first-order valence-electron chi connectivity index (χ1n) is 10.3. The molecule has 0 bridgehead atoms. The van der Waals surface area contributed by atoms with Crippen LogP contribution in [0.5, 0.6) is 0 Å². The van der Waals surface area contributed by atoms with Gasteiger partial charge in [-0.25, -0.2) is 13.6 Å². The Morgan fingerprint density at radius 1 is 1.22 bits per heavy atom. The first-order chi connectivity index (χ1) is 14.9. The van der Waals surface area contributed by atoms with Crippen molar-refractivity contribution in [3.8, 4) is 0 Å². The molecule has 2 aromatic carbocycles. The fourth-order valence-electron chi connectivity index (χ4n) is 4.21. The Labute approximate surface area is 184 Å². The van der Waals surface area contributed by atoms with Gasteiger partial charge in [0.15, 0.2) is 0 Å². The molecular formula is C22H24F3N3O3S. The molecule has 0 radical (unpaired) electrons. The zero-order chi connectivity index (χ0) is 23.3. The summed E-state index contributed by atoms with van der Waals surface area (Å²) in [6.07, 6.45) is -2.13. The number of sulfonamides is 1. The highest BCUT2D eigenvalue weighted by Gasteiger charge is 2.37. The van der Waals surface area contributed by atoms with E-state index in [1.807, 2.05) is 11.8 Å². The topological polar surface area (TPSA) is 83.7 Å². The number of halogens is 3. The molecular weight excluding hydrogens is 443 g/mol. The molecule has 0 saturated heterocycles. The van der Waals surface area contributed by atoms with E-state index in [4.69, 9.17) is 5.14 Å². The summed E-state index contributed by atoms with van der Waals surface area (Å²) in [4.78, 5) is 16.7. The van der Waals surface area contributed by atoms with Gasteiger partial charge in [-0.3, -0.25) is 9.69 Å². The molecule has 10 heteroatoms. The molecule has 1 heterocycles. The summed E-state index contributed by atoms with van der Waals surface area (Å²) in [5.41, 5.74) is 1.18. The van der Waals surface area contributed by atoms with Gasteiger partial charge in [-0.05, 0) is 67.6 Å². The number of carbonyl (C=O) groups is 1. The number of carbonyl (C=O) groups excluding carboxylic acids is 1. The molecule has 1 fully saturated rings. The van der Waals surface area contributed by atoms with Gasteiger partial charge in [0.25, 0.3) is 0 Å². The van der Waals surface area contributed by atoms with Crippen LogP contribution >= 0.6 is 0 Å². The van der Waals surface area contributed by atoms with Crippen molar-refractivity contribution in [1.82, 2.24) is 4.90 Å². The monoisotopic (exact) mass is 467 g/mol. The van der Waals surface area contributed by atoms with E-state index < -0.39 is 21.8 Å². The van der Waals surface area contributed by atoms with Crippen LogP contribution in [0.2, 0.25) is 0 Å². The summed E-state index contributed by atoms with van der Waals surface area (Å²) >= 11 is 0. The van der Waals surface area contributed by atoms with Crippen molar-refractivity contribution in [1.29, 1.82) is 0 Å². The van der Waals surface area contributed by atoms with E-state index in [9.17, 15) is 26.4 Å². The van der Waals surface area contributed by atoms with Gasteiger partial charge in [-0.2, -0.15) is 13.2 Å². The number of rotatable bonds is 6. The van der Waals surface area contributed by atoms with Gasteiger partial charge in [0.2, 0.25) is 15.9 Å². The number of hydrogen-bond donors (Lipinski definition) is 1. The number of benzene rings is 2. The summed E-state index contributed by atoms with van der Waals surface area (Å²) in [5.74, 6) is -0.169. The van der Waals surface area contributed by atoms with Crippen LogP contribution in [0.4, 0.5) is 18.9 Å². The van der Waals surface area contributed by atoms with E-state index in [-0.39, 0.29) is 29.4 Å². The molecule has 1 amide bonds. The second kappa shape index (κ2) is 8.17. The van der Waals surface area contributed by atoms with Crippen LogP contribution in [0.25, 0.3) is 0 Å². The van der Waals surface area contributed by atoms with Crippen LogP contribution < -0.4 is 10.0 Å². The number of nitrogens with zero attached hydrogens (tertiary/aromatic N) is 2. The fourth-order valence-corrected chi connectivity index (χ4v) is 4.77. The fraction of sp³-hybridized carbons (Fsp3) is 0.409. The average Bonchev–Trinajstić information content (AvgIpc) is 3.48. The summed E-state index contributed by atoms with van der Waals surface area (Å²) in [6, 6.07) is 9.46. The maximum Gasteiger partial charge on any atom is 0.416 e. The lowest BCUT2D eigenvalue weighted by atomic mass is 10.0. The summed E-state index contributed by atoms with van der Waals surface area (Å²) < 4.78 is 62.6. The Morgan fingerprint density at radius 2 is 1.94 bits per heavy atom. The Kier molecular flexibility index (Phi) is 5.81. The number of anilines is 1. The minimum atomic E-state index is -4.43. The molecule has 0 spiro atoms. The van der Waals surface area contributed by atoms with Crippen molar-refractivity contribution in [2.75, 3.05) is 18.0 Å². The molecule has 2 aromatic rings. The van der Waals surface area contributed by atoms with Crippen LogP contribution in [0.15, 0.2) is 47.4 Å². The first-order valence-corrected chi connectivity index (χ1v) is 11.9. The van der Waals surface area contributed by atoms with Gasteiger partial charge in [0.05, 0.1) is 17.0 Å². The van der Waals surface area contributed by atoms with Crippen molar-refractivity contribution >= 4 is 21.6 Å². The Morgan fingerprint density at radius 3 is 2.56 bits per heavy atom. The summed E-state index contributed by atoms with van der Waals surface area (Å²) in [6.45, 7) is 2.30. The van der Waals surface area contributed by atoms with Crippen LogP contribution in [0.3, 0.4) is 0 Å². The van der Waals surface area contributed by atoms with E-state index in [2.05, 4.69) is 0 Å². The zero-order valence-electron chi connectivity index (χ0n) is 17.5. The van der Waals surface area contributed by atoms with E-state index in [1.165, 1.54) is 18.2 Å². The van der Waals surface area contributed by atoms with Crippen LogP contribution in [0.1, 0.15) is 42.5 Å². The second-order valence-electron chi connectivity index (χ2n) is 8.33. The standard InChI is InChI=1S/C22H24F3N3O3S/c1-14(15-3-2-4-17(11-15)22(23,24)25)28(18-5-6-18)13-21(29)27-10-9-16-12-19(32(26,30)31)7-8-20(16)27/h2-4,7-8,11-12,14,18H,5-6,9-10,13H2,1H3,(H2,26,30,31). The van der Waals surface area contributed by atoms with Gasteiger partial charge in [-0.1, -0.05) is 12.1 Å². The third kappa shape index (κ3) is 4.67. The van der Waals surface area contributed by atoms with Gasteiger partial charge in [0, 0.05) is 24.3 Å². The molecule has 2 aliphatic rings. The third-order valence-corrected chi connectivity index (χ3v) is 7.01. The number of nitrogens with two attached hydrogens (primary N) is 1. The predicted molar refractivity (Wildman–Crippen MR) is 113 cm³/mol. The number of hydrogen-bond acceptors (Lipinski definition) is 4. The molecule has 0 aromatic heterocycles. The molecule has 2 N–H and O–H groups in total. The second-order valence-corrected chi connectivity index (χ2v) is 9.90. The summed E-state index contributed by atoms with van der Waals surface area (Å²) in [5, 5.41) is 5.19. The van der Waals surface area contributed by atoms with Crippen molar-refractivity contribution < 1.29 is 26.4 Å². The smallest absolute Gasteiger partial charge is 0.311 e. The van der Waals surface area contributed by atoms with Crippen molar-refractivity contribution in [3.05, 3.63) is 59.2 Å². The Bertz CT molecular complexity index is 1150. The highest BCUT2D eigenvalue weighted by atomic mass is 32.2. The number of alkyl halides is 3. The molecule has 1 saturated carbocycles. The number of amides is 1. The maximum absolute atomic E-state index is 13.2. The van der Waals surface area contributed by atoms with Gasteiger partial charge in [-0.15, -0.1) is 0 Å². The number of primary sulfonamides is 1. The Balaban J connectivity index is 1.54. The van der Waals surface area contributed by atoms with Crippen molar-refractivity contribution in [3.63, 3.8) is 0 Å². The van der Waals surface area contributed by atoms with E-state index in [1.54, 1.807) is 17.0 Å². The lowest BCUT2D eigenvalue weighted by Crippen LogP contribution is -2.41. The van der Waals surface area contributed by atoms with Gasteiger partial charge < -0.3 is 4.90 Å². The van der Waals surface area contributed by atoms with E-state index in [0.29, 0.717) is 24.2 Å². The Hall–Kier alpha value is -2.43. The lowest BCUT2D eigenvalue weighted by molar-refractivity contribution is -0.137. The summed E-state index contributed by atoms with van der Waals surface area (Å²) in [7, 11) is -3.83. The highest BCUT2D eigenvalue weighted by molar-refractivity contribution is 7.89. The minimum Gasteiger partial charge on any atom is -0.311 e. The first kappa shape index (κ1) is 22.8. The molecule has 4 rings (SSSR count). The minimum absolute atomic E-state index is 0.00308. The normalized spacial score (nSPS) is 17.5. The molecule has 1 aliphatic carbocycles. The molecule has 1 aliphatic heterocycles. The van der Waals surface area contributed by atoms with E-state index in [0.717, 1.165) is 30.5 Å². The zero-order valence-corrected chi connectivity index (χ0v) is 18.3. The largest absolute Gasteiger partial charge is 0.416 e. The van der Waals surface area contributed by atoms with Crippen molar-refractivity contribution in [2.24, 2.45) is 5.14 Å². The van der Waals surface area contributed by atoms with Crippen LogP contribution in [0, 0.1) is 0 Å². The molecule has 32 heavy (non-hydrogen) atoms. The average molecular weight is 468 g/mol. The molecule has 1 atom stereocenters. The highest BCUT2D eigenvalue weighted by Crippen LogP contribution is 2.37. The van der Waals surface area contributed by atoms with Gasteiger partial charge >= 0.3 is 6.18 Å². The predicted octanol–water partition coefficient (Wildman–Crippen LogP) is 3.47. The molecule has 172 valence electrons. The SMILES string of the molecule is CC(c1cccc(C(F)(F)F)c1)N(CC(=O)N1CCc2cc(S(N)(=O)=O)ccc21)C1CC1. The van der Waals surface area contributed by atoms with Crippen LogP contribution in [-0.4, -0.2) is 38.4 Å². The molecule has 1 unspecified atom stereocenters. The third-order valence-electron chi connectivity index (χ3n) is 6.10. The lowest BCUT2D eigenvalue weighted by Gasteiger charge is -2.31.